The maximum Gasteiger partial charge on any atom is 0.251 e. The first-order valence-electron chi connectivity index (χ1n) is 10.9. The molecule has 148 valence electrons. The molecule has 3 N–H and O–H groups in total. The number of hydrogen-bond donors (Lipinski definition) is 2. The predicted molar refractivity (Wildman–Crippen MR) is 113 cm³/mol. The third kappa shape index (κ3) is 11.9. The molecule has 3 nitrogen and oxygen atoms in total. The Morgan fingerprint density at radius 1 is 0.731 bits per heavy atom. The molecule has 0 saturated carbocycles. The number of rotatable bonds is 16. The van der Waals surface area contributed by atoms with Crippen LogP contribution in [0.1, 0.15) is 107 Å². The number of nitrogens with one attached hydrogen (secondary N) is 1. The Labute approximate surface area is 161 Å². The van der Waals surface area contributed by atoms with Gasteiger partial charge in [0.25, 0.3) is 5.91 Å². The maximum absolute atomic E-state index is 11.9. The van der Waals surface area contributed by atoms with Gasteiger partial charge in [-0.05, 0) is 30.7 Å². The van der Waals surface area contributed by atoms with Crippen molar-refractivity contribution in [1.82, 2.24) is 5.32 Å². The number of unbranched alkanes of at least 4 members (excludes halogenated alkanes) is 13. The second-order valence-corrected chi connectivity index (χ2v) is 7.47. The van der Waals surface area contributed by atoms with Gasteiger partial charge < -0.3 is 11.1 Å². The van der Waals surface area contributed by atoms with Gasteiger partial charge in [0.05, 0.1) is 0 Å². The van der Waals surface area contributed by atoms with Gasteiger partial charge >= 0.3 is 0 Å². The van der Waals surface area contributed by atoms with Gasteiger partial charge in [0.1, 0.15) is 0 Å². The molecule has 0 aliphatic heterocycles. The molecule has 1 rings (SSSR count). The maximum atomic E-state index is 11.9. The zero-order valence-corrected chi connectivity index (χ0v) is 16.9. The fourth-order valence-electron chi connectivity index (χ4n) is 3.26. The normalized spacial score (nSPS) is 10.8. The topological polar surface area (TPSA) is 55.1 Å². The van der Waals surface area contributed by atoms with Gasteiger partial charge in [-0.15, -0.1) is 0 Å². The predicted octanol–water partition coefficient (Wildman–Crippen LogP) is 6.48. The lowest BCUT2D eigenvalue weighted by Gasteiger charge is -2.06. The lowest BCUT2D eigenvalue weighted by atomic mass is 10.0. The summed E-state index contributed by atoms with van der Waals surface area (Å²) in [6, 6.07) is 7.08. The molecular formula is C23H40N2O. The number of amides is 1. The quantitative estimate of drug-likeness (QED) is 0.262. The summed E-state index contributed by atoms with van der Waals surface area (Å²) in [4.78, 5) is 11.9. The number of benzene rings is 1. The summed E-state index contributed by atoms with van der Waals surface area (Å²) in [6.45, 7) is 3.04. The van der Waals surface area contributed by atoms with Crippen molar-refractivity contribution in [2.45, 2.75) is 96.8 Å². The molecule has 0 unspecified atom stereocenters. The summed E-state index contributed by atoms with van der Waals surface area (Å²) < 4.78 is 0. The molecule has 1 aromatic carbocycles. The number of carbonyl (C=O) groups excluding carboxylic acids is 1. The Kier molecular flexibility index (Phi) is 13.6. The number of nitrogens with two attached hydrogens (primary N) is 1. The minimum absolute atomic E-state index is 0.000283. The summed E-state index contributed by atoms with van der Waals surface area (Å²) in [5.74, 6) is -0.000283. The summed E-state index contributed by atoms with van der Waals surface area (Å²) in [7, 11) is 0. The number of nitrogen functional groups attached to an aromatic ring is 1. The Bertz CT molecular complexity index is 456. The van der Waals surface area contributed by atoms with E-state index in [1.54, 1.807) is 24.3 Å². The highest BCUT2D eigenvalue weighted by Crippen LogP contribution is 2.13. The molecule has 3 heteroatoms. The molecule has 0 aliphatic carbocycles. The highest BCUT2D eigenvalue weighted by molar-refractivity contribution is 5.94. The van der Waals surface area contributed by atoms with Crippen LogP contribution in [-0.2, 0) is 0 Å². The van der Waals surface area contributed by atoms with Crippen molar-refractivity contribution in [2.24, 2.45) is 0 Å². The van der Waals surface area contributed by atoms with Crippen LogP contribution >= 0.6 is 0 Å². The molecule has 1 aromatic rings. The standard InChI is InChI=1S/C23H40N2O/c1-2-3-4-5-6-7-8-9-10-11-12-13-14-15-20-25-23(26)21-16-18-22(24)19-17-21/h16-19H,2-15,20,24H2,1H3,(H,25,26). The molecule has 0 fully saturated rings. The van der Waals surface area contributed by atoms with Gasteiger partial charge in [-0.2, -0.15) is 0 Å². The highest BCUT2D eigenvalue weighted by Gasteiger charge is 2.03. The lowest BCUT2D eigenvalue weighted by molar-refractivity contribution is 0.0953. The van der Waals surface area contributed by atoms with Crippen LogP contribution in [-0.4, -0.2) is 12.5 Å². The van der Waals surface area contributed by atoms with Gasteiger partial charge in [0.15, 0.2) is 0 Å². The second kappa shape index (κ2) is 15.7. The highest BCUT2D eigenvalue weighted by atomic mass is 16.1. The molecule has 0 saturated heterocycles. The Morgan fingerprint density at radius 3 is 1.62 bits per heavy atom. The number of hydrogen-bond acceptors (Lipinski definition) is 2. The SMILES string of the molecule is CCCCCCCCCCCCCCCCNC(=O)c1ccc(N)cc1. The van der Waals surface area contributed by atoms with E-state index in [0.717, 1.165) is 13.0 Å². The Balaban J connectivity index is 1.82. The largest absolute Gasteiger partial charge is 0.399 e. The zero-order chi connectivity index (χ0) is 18.9. The monoisotopic (exact) mass is 360 g/mol. The van der Waals surface area contributed by atoms with E-state index in [2.05, 4.69) is 12.2 Å². The molecule has 1 amide bonds. The Morgan fingerprint density at radius 2 is 1.15 bits per heavy atom. The van der Waals surface area contributed by atoms with Crippen LogP contribution in [0.25, 0.3) is 0 Å². The molecule has 0 radical (unpaired) electrons. The molecular weight excluding hydrogens is 320 g/mol. The molecule has 0 aromatic heterocycles. The number of carbonyl (C=O) groups is 1. The van der Waals surface area contributed by atoms with Gasteiger partial charge in [0, 0.05) is 17.8 Å². The third-order valence-corrected chi connectivity index (χ3v) is 4.99. The second-order valence-electron chi connectivity index (χ2n) is 7.47. The first-order valence-corrected chi connectivity index (χ1v) is 10.9. The van der Waals surface area contributed by atoms with Crippen molar-refractivity contribution < 1.29 is 4.79 Å². The van der Waals surface area contributed by atoms with Crippen molar-refractivity contribution >= 4 is 11.6 Å². The minimum Gasteiger partial charge on any atom is -0.399 e. The average molecular weight is 361 g/mol. The van der Waals surface area contributed by atoms with Crippen molar-refractivity contribution in [1.29, 1.82) is 0 Å². The van der Waals surface area contributed by atoms with Gasteiger partial charge in [0.2, 0.25) is 0 Å². The average Bonchev–Trinajstić information content (AvgIpc) is 2.65. The third-order valence-electron chi connectivity index (χ3n) is 4.99. The van der Waals surface area contributed by atoms with E-state index in [-0.39, 0.29) is 5.91 Å². The molecule has 0 aliphatic rings. The summed E-state index contributed by atoms with van der Waals surface area (Å²) in [5.41, 5.74) is 7.00. The fourth-order valence-corrected chi connectivity index (χ4v) is 3.26. The summed E-state index contributed by atoms with van der Waals surface area (Å²) >= 11 is 0. The van der Waals surface area contributed by atoms with Gasteiger partial charge in [-0.1, -0.05) is 90.4 Å². The number of anilines is 1. The summed E-state index contributed by atoms with van der Waals surface area (Å²) in [6.07, 6.45) is 19.0. The van der Waals surface area contributed by atoms with Crippen molar-refractivity contribution in [3.63, 3.8) is 0 Å². The van der Waals surface area contributed by atoms with Crippen LogP contribution in [0.5, 0.6) is 0 Å². The van der Waals surface area contributed by atoms with E-state index in [1.807, 2.05) is 0 Å². The van der Waals surface area contributed by atoms with E-state index in [4.69, 9.17) is 5.73 Å². The lowest BCUT2D eigenvalue weighted by Crippen LogP contribution is -2.24. The smallest absolute Gasteiger partial charge is 0.251 e. The van der Waals surface area contributed by atoms with Gasteiger partial charge in [-0.25, -0.2) is 0 Å². The van der Waals surface area contributed by atoms with Crippen LogP contribution in [0.15, 0.2) is 24.3 Å². The van der Waals surface area contributed by atoms with E-state index in [1.165, 1.54) is 83.5 Å². The van der Waals surface area contributed by atoms with E-state index in [9.17, 15) is 4.79 Å². The molecule has 0 spiro atoms. The molecule has 0 atom stereocenters. The van der Waals surface area contributed by atoms with Crippen LogP contribution in [0, 0.1) is 0 Å². The van der Waals surface area contributed by atoms with Crippen molar-refractivity contribution in [3.8, 4) is 0 Å². The molecule has 26 heavy (non-hydrogen) atoms. The van der Waals surface area contributed by atoms with E-state index in [0.29, 0.717) is 11.3 Å². The summed E-state index contributed by atoms with van der Waals surface area (Å²) in [5, 5.41) is 2.98. The zero-order valence-electron chi connectivity index (χ0n) is 16.9. The molecule has 0 heterocycles. The first kappa shape index (κ1) is 22.5. The van der Waals surface area contributed by atoms with Crippen LogP contribution in [0.3, 0.4) is 0 Å². The van der Waals surface area contributed by atoms with E-state index < -0.39 is 0 Å². The van der Waals surface area contributed by atoms with Crippen LogP contribution in [0.2, 0.25) is 0 Å². The minimum atomic E-state index is -0.000283. The van der Waals surface area contributed by atoms with Crippen LogP contribution < -0.4 is 11.1 Å². The van der Waals surface area contributed by atoms with E-state index >= 15 is 0 Å². The molecule has 0 bridgehead atoms. The first-order chi connectivity index (χ1) is 12.7. The van der Waals surface area contributed by atoms with Crippen LogP contribution in [0.4, 0.5) is 5.69 Å². The van der Waals surface area contributed by atoms with Crippen molar-refractivity contribution in [3.05, 3.63) is 29.8 Å². The van der Waals surface area contributed by atoms with Crippen molar-refractivity contribution in [2.75, 3.05) is 12.3 Å². The fraction of sp³-hybridized carbons (Fsp3) is 0.696. The van der Waals surface area contributed by atoms with Gasteiger partial charge in [-0.3, -0.25) is 4.79 Å². The Hall–Kier alpha value is -1.51.